The quantitative estimate of drug-likeness (QED) is 0.943. The van der Waals surface area contributed by atoms with E-state index in [-0.39, 0.29) is 6.04 Å². The Balaban J connectivity index is 1.76. The lowest BCUT2D eigenvalue weighted by molar-refractivity contribution is 0.171. The minimum absolute atomic E-state index is 0.0731. The number of nitrogens with two attached hydrogens (primary N) is 1. The van der Waals surface area contributed by atoms with Crippen molar-refractivity contribution in [3.05, 3.63) is 39.3 Å². The van der Waals surface area contributed by atoms with Gasteiger partial charge in [-0.2, -0.15) is 0 Å². The van der Waals surface area contributed by atoms with Crippen molar-refractivity contribution < 1.29 is 9.47 Å². The molecule has 0 aliphatic carbocycles. The first kappa shape index (κ1) is 14.4. The van der Waals surface area contributed by atoms with E-state index in [1.165, 1.54) is 10.6 Å². The van der Waals surface area contributed by atoms with Gasteiger partial charge in [0.25, 0.3) is 0 Å². The summed E-state index contributed by atoms with van der Waals surface area (Å²) in [4.78, 5) is 5.96. The molecule has 1 aliphatic rings. The van der Waals surface area contributed by atoms with Gasteiger partial charge in [-0.1, -0.05) is 13.0 Å². The van der Waals surface area contributed by atoms with Crippen LogP contribution < -0.4 is 15.2 Å². The van der Waals surface area contributed by atoms with Gasteiger partial charge in [-0.15, -0.1) is 11.3 Å². The van der Waals surface area contributed by atoms with Gasteiger partial charge < -0.3 is 15.2 Å². The van der Waals surface area contributed by atoms with Gasteiger partial charge in [0.2, 0.25) is 0 Å². The zero-order chi connectivity index (χ0) is 14.8. The molecule has 2 aromatic rings. The average Bonchev–Trinajstić information content (AvgIpc) is 2.86. The molecule has 21 heavy (non-hydrogen) atoms. The van der Waals surface area contributed by atoms with Gasteiger partial charge in [-0.3, -0.25) is 0 Å². The van der Waals surface area contributed by atoms with E-state index in [0.717, 1.165) is 34.9 Å². The SMILES string of the molecule is CCc1nc(CC(N)c2ccc3c(c2)OCCO3)sc1C. The van der Waals surface area contributed by atoms with E-state index in [1.54, 1.807) is 11.3 Å². The van der Waals surface area contributed by atoms with Crippen molar-refractivity contribution in [2.24, 2.45) is 5.73 Å². The van der Waals surface area contributed by atoms with Crippen LogP contribution in [0.4, 0.5) is 0 Å². The van der Waals surface area contributed by atoms with Crippen molar-refractivity contribution >= 4 is 11.3 Å². The topological polar surface area (TPSA) is 57.4 Å². The van der Waals surface area contributed by atoms with Crippen molar-refractivity contribution in [3.63, 3.8) is 0 Å². The molecule has 1 aliphatic heterocycles. The Morgan fingerprint density at radius 2 is 2.05 bits per heavy atom. The van der Waals surface area contributed by atoms with E-state index < -0.39 is 0 Å². The molecule has 2 N–H and O–H groups in total. The zero-order valence-electron chi connectivity index (χ0n) is 12.4. The molecule has 0 amide bonds. The van der Waals surface area contributed by atoms with Crippen molar-refractivity contribution in [2.75, 3.05) is 13.2 Å². The maximum absolute atomic E-state index is 6.33. The molecule has 2 heterocycles. The fourth-order valence-electron chi connectivity index (χ4n) is 2.50. The summed E-state index contributed by atoms with van der Waals surface area (Å²) in [5, 5.41) is 1.10. The van der Waals surface area contributed by atoms with Crippen LogP contribution in [0.5, 0.6) is 11.5 Å². The standard InChI is InChI=1S/C16H20N2O2S/c1-3-13-10(2)21-16(18-13)9-12(17)11-4-5-14-15(8-11)20-7-6-19-14/h4-5,8,12H,3,6-7,9,17H2,1-2H3. The third-order valence-corrected chi connectivity index (χ3v) is 4.70. The molecule has 5 heteroatoms. The van der Waals surface area contributed by atoms with Crippen molar-refractivity contribution in [1.29, 1.82) is 0 Å². The summed E-state index contributed by atoms with van der Waals surface area (Å²) in [7, 11) is 0. The van der Waals surface area contributed by atoms with Crippen molar-refractivity contribution in [1.82, 2.24) is 4.98 Å². The monoisotopic (exact) mass is 304 g/mol. The van der Waals surface area contributed by atoms with Gasteiger partial charge in [0.15, 0.2) is 11.5 Å². The Morgan fingerprint density at radius 1 is 1.29 bits per heavy atom. The fourth-order valence-corrected chi connectivity index (χ4v) is 3.58. The minimum atomic E-state index is -0.0731. The molecular weight excluding hydrogens is 284 g/mol. The number of rotatable bonds is 4. The molecule has 1 unspecified atom stereocenters. The van der Waals surface area contributed by atoms with Crippen LogP contribution in [0.25, 0.3) is 0 Å². The third kappa shape index (κ3) is 3.04. The molecule has 112 valence electrons. The van der Waals surface area contributed by atoms with E-state index in [0.29, 0.717) is 13.2 Å². The van der Waals surface area contributed by atoms with Gasteiger partial charge in [0.1, 0.15) is 13.2 Å². The van der Waals surface area contributed by atoms with Crippen LogP contribution in [-0.2, 0) is 12.8 Å². The van der Waals surface area contributed by atoms with Crippen LogP contribution in [-0.4, -0.2) is 18.2 Å². The highest BCUT2D eigenvalue weighted by atomic mass is 32.1. The molecular formula is C16H20N2O2S. The highest BCUT2D eigenvalue weighted by Crippen LogP contribution is 2.33. The van der Waals surface area contributed by atoms with Gasteiger partial charge >= 0.3 is 0 Å². The highest BCUT2D eigenvalue weighted by molar-refractivity contribution is 7.11. The number of hydrogen-bond acceptors (Lipinski definition) is 5. The zero-order valence-corrected chi connectivity index (χ0v) is 13.2. The Hall–Kier alpha value is -1.59. The van der Waals surface area contributed by atoms with Crippen molar-refractivity contribution in [2.45, 2.75) is 32.7 Å². The van der Waals surface area contributed by atoms with Gasteiger partial charge in [-0.25, -0.2) is 4.98 Å². The molecule has 1 aromatic carbocycles. The fraction of sp³-hybridized carbons (Fsp3) is 0.438. The first-order valence-electron chi connectivity index (χ1n) is 7.27. The molecule has 0 spiro atoms. The lowest BCUT2D eigenvalue weighted by Gasteiger charge is -2.20. The molecule has 0 bridgehead atoms. The first-order valence-corrected chi connectivity index (χ1v) is 8.09. The van der Waals surface area contributed by atoms with Gasteiger partial charge in [-0.05, 0) is 31.0 Å². The largest absolute Gasteiger partial charge is 0.486 e. The Bertz CT molecular complexity index is 639. The first-order chi connectivity index (χ1) is 10.2. The number of aromatic nitrogens is 1. The molecule has 3 rings (SSSR count). The van der Waals surface area contributed by atoms with E-state index in [1.807, 2.05) is 18.2 Å². The molecule has 0 saturated heterocycles. The van der Waals surface area contributed by atoms with Crippen LogP contribution >= 0.6 is 11.3 Å². The van der Waals surface area contributed by atoms with E-state index in [9.17, 15) is 0 Å². The number of nitrogens with zero attached hydrogens (tertiary/aromatic N) is 1. The smallest absolute Gasteiger partial charge is 0.161 e. The van der Waals surface area contributed by atoms with Crippen LogP contribution in [0.2, 0.25) is 0 Å². The van der Waals surface area contributed by atoms with Gasteiger partial charge in [0, 0.05) is 17.3 Å². The van der Waals surface area contributed by atoms with E-state index in [4.69, 9.17) is 15.2 Å². The summed E-state index contributed by atoms with van der Waals surface area (Å²) < 4.78 is 11.1. The summed E-state index contributed by atoms with van der Waals surface area (Å²) in [5.74, 6) is 1.59. The molecule has 1 atom stereocenters. The minimum Gasteiger partial charge on any atom is -0.486 e. The third-order valence-electron chi connectivity index (χ3n) is 3.66. The van der Waals surface area contributed by atoms with Crippen LogP contribution in [0, 0.1) is 6.92 Å². The normalized spacial score (nSPS) is 15.0. The second-order valence-electron chi connectivity index (χ2n) is 5.18. The summed E-state index contributed by atoms with van der Waals surface area (Å²) in [6.07, 6.45) is 1.73. The molecule has 4 nitrogen and oxygen atoms in total. The van der Waals surface area contributed by atoms with Crippen molar-refractivity contribution in [3.8, 4) is 11.5 Å². The lowest BCUT2D eigenvalue weighted by Crippen LogP contribution is -2.17. The molecule has 1 aromatic heterocycles. The number of fused-ring (bicyclic) bond motifs is 1. The molecule has 0 radical (unpaired) electrons. The second-order valence-corrected chi connectivity index (χ2v) is 6.47. The number of benzene rings is 1. The maximum Gasteiger partial charge on any atom is 0.161 e. The Labute approximate surface area is 128 Å². The molecule has 0 saturated carbocycles. The van der Waals surface area contributed by atoms with Gasteiger partial charge in [0.05, 0.1) is 10.7 Å². The summed E-state index contributed by atoms with van der Waals surface area (Å²) in [5.41, 5.74) is 8.58. The number of ether oxygens (including phenoxy) is 2. The maximum atomic E-state index is 6.33. The average molecular weight is 304 g/mol. The molecule has 0 fully saturated rings. The number of aryl methyl sites for hydroxylation is 2. The summed E-state index contributed by atoms with van der Waals surface area (Å²) in [6, 6.07) is 5.87. The lowest BCUT2D eigenvalue weighted by atomic mass is 10.0. The summed E-state index contributed by atoms with van der Waals surface area (Å²) in [6.45, 7) is 5.45. The predicted molar refractivity (Wildman–Crippen MR) is 84.3 cm³/mol. The van der Waals surface area contributed by atoms with E-state index in [2.05, 4.69) is 18.8 Å². The number of thiazole rings is 1. The van der Waals surface area contributed by atoms with E-state index >= 15 is 0 Å². The van der Waals surface area contributed by atoms with Crippen LogP contribution in [0.3, 0.4) is 0 Å². The summed E-state index contributed by atoms with van der Waals surface area (Å²) >= 11 is 1.74. The Kier molecular flexibility index (Phi) is 4.12. The van der Waals surface area contributed by atoms with Crippen LogP contribution in [0.1, 0.15) is 34.1 Å². The second kappa shape index (κ2) is 6.03. The number of hydrogen-bond donors (Lipinski definition) is 1. The van der Waals surface area contributed by atoms with Crippen LogP contribution in [0.15, 0.2) is 18.2 Å². The Morgan fingerprint density at radius 3 is 2.76 bits per heavy atom. The highest BCUT2D eigenvalue weighted by Gasteiger charge is 2.16. The predicted octanol–water partition coefficient (Wildman–Crippen LogP) is 3.03.